The zero-order valence-electron chi connectivity index (χ0n) is 17.3. The fourth-order valence-electron chi connectivity index (χ4n) is 3.04. The summed E-state index contributed by atoms with van der Waals surface area (Å²) < 4.78 is 16.0. The van der Waals surface area contributed by atoms with Gasteiger partial charge in [-0.25, -0.2) is 14.6 Å². The van der Waals surface area contributed by atoms with E-state index >= 15 is 0 Å². The molecule has 0 unspecified atom stereocenters. The second kappa shape index (κ2) is 10.1. The van der Waals surface area contributed by atoms with Crippen LogP contribution in [0.3, 0.4) is 0 Å². The molecule has 0 aromatic heterocycles. The number of aliphatic imine (C=N–C) groups is 1. The summed E-state index contributed by atoms with van der Waals surface area (Å²) in [6.45, 7) is 0. The number of nitrogens with zero attached hydrogens (tertiary/aromatic N) is 1. The van der Waals surface area contributed by atoms with Crippen molar-refractivity contribution in [2.24, 2.45) is 4.99 Å². The Bertz CT molecular complexity index is 1380. The standard InChI is InChI=1S/C24H13Cl4NO5/c1-32-20-10-12(8-18(28)21(20)33-23(30)15-4-2-3-5-16(15)26)9-19-24(31)34-22(29-19)14-7-6-13(25)11-17(14)27/h2-11H,1H3/b19-9-. The van der Waals surface area contributed by atoms with E-state index in [1.807, 2.05) is 0 Å². The lowest BCUT2D eigenvalue weighted by Crippen LogP contribution is -2.10. The van der Waals surface area contributed by atoms with E-state index in [4.69, 9.17) is 60.6 Å². The first-order chi connectivity index (χ1) is 16.3. The fraction of sp³-hybridized carbons (Fsp3) is 0.0417. The maximum Gasteiger partial charge on any atom is 0.363 e. The van der Waals surface area contributed by atoms with Gasteiger partial charge < -0.3 is 14.2 Å². The quantitative estimate of drug-likeness (QED) is 0.202. The Morgan fingerprint density at radius 3 is 2.44 bits per heavy atom. The van der Waals surface area contributed by atoms with Crippen LogP contribution in [0.25, 0.3) is 6.08 Å². The summed E-state index contributed by atoms with van der Waals surface area (Å²) in [4.78, 5) is 29.1. The highest BCUT2D eigenvalue weighted by Crippen LogP contribution is 2.38. The molecule has 1 aliphatic rings. The molecule has 0 atom stereocenters. The van der Waals surface area contributed by atoms with Crippen molar-refractivity contribution in [1.29, 1.82) is 0 Å². The highest BCUT2D eigenvalue weighted by molar-refractivity contribution is 6.37. The third-order valence-corrected chi connectivity index (χ3v) is 5.78. The molecule has 3 aromatic carbocycles. The van der Waals surface area contributed by atoms with Crippen molar-refractivity contribution in [2.45, 2.75) is 0 Å². The van der Waals surface area contributed by atoms with Crippen LogP contribution in [-0.4, -0.2) is 24.9 Å². The number of ether oxygens (including phenoxy) is 3. The predicted molar refractivity (Wildman–Crippen MR) is 131 cm³/mol. The van der Waals surface area contributed by atoms with Gasteiger partial charge in [-0.15, -0.1) is 0 Å². The molecule has 10 heteroatoms. The Labute approximate surface area is 214 Å². The van der Waals surface area contributed by atoms with Crippen LogP contribution in [0.1, 0.15) is 21.5 Å². The average Bonchev–Trinajstić information content (AvgIpc) is 3.15. The van der Waals surface area contributed by atoms with Crippen LogP contribution in [0.15, 0.2) is 65.3 Å². The number of esters is 2. The molecule has 3 aromatic rings. The van der Waals surface area contributed by atoms with Gasteiger partial charge in [0.05, 0.1) is 33.3 Å². The van der Waals surface area contributed by atoms with Crippen LogP contribution in [0, 0.1) is 0 Å². The van der Waals surface area contributed by atoms with Gasteiger partial charge in [0.1, 0.15) is 0 Å². The van der Waals surface area contributed by atoms with Crippen LogP contribution in [0.5, 0.6) is 11.5 Å². The first kappa shape index (κ1) is 24.1. The molecule has 0 aliphatic carbocycles. The molecule has 0 amide bonds. The number of hydrogen-bond donors (Lipinski definition) is 0. The molecule has 0 radical (unpaired) electrons. The van der Waals surface area contributed by atoms with Gasteiger partial charge in [-0.1, -0.05) is 58.5 Å². The third kappa shape index (κ3) is 5.05. The van der Waals surface area contributed by atoms with Crippen molar-refractivity contribution in [1.82, 2.24) is 0 Å². The van der Waals surface area contributed by atoms with Crippen molar-refractivity contribution in [3.8, 4) is 11.5 Å². The molecule has 0 fully saturated rings. The highest BCUT2D eigenvalue weighted by atomic mass is 35.5. The van der Waals surface area contributed by atoms with Gasteiger partial charge >= 0.3 is 11.9 Å². The van der Waals surface area contributed by atoms with E-state index in [0.717, 1.165) is 0 Å². The molecule has 34 heavy (non-hydrogen) atoms. The number of hydrogen-bond acceptors (Lipinski definition) is 6. The minimum absolute atomic E-state index is 0.00220. The molecule has 0 saturated heterocycles. The molecule has 6 nitrogen and oxygen atoms in total. The van der Waals surface area contributed by atoms with Gasteiger partial charge in [-0.05, 0) is 54.1 Å². The molecule has 1 heterocycles. The lowest BCUT2D eigenvalue weighted by molar-refractivity contribution is -0.129. The Morgan fingerprint density at radius 1 is 0.971 bits per heavy atom. The largest absolute Gasteiger partial charge is 0.493 e. The molecule has 0 bridgehead atoms. The number of rotatable bonds is 5. The van der Waals surface area contributed by atoms with E-state index in [1.54, 1.807) is 30.3 Å². The number of methoxy groups -OCH3 is 1. The minimum atomic E-state index is -0.703. The van der Waals surface area contributed by atoms with E-state index in [0.29, 0.717) is 16.1 Å². The summed E-state index contributed by atoms with van der Waals surface area (Å²) in [5.74, 6) is -1.17. The van der Waals surface area contributed by atoms with Gasteiger partial charge in [0.15, 0.2) is 17.2 Å². The Morgan fingerprint density at radius 2 is 1.74 bits per heavy atom. The first-order valence-electron chi connectivity index (χ1n) is 9.59. The van der Waals surface area contributed by atoms with Gasteiger partial charge in [0.25, 0.3) is 0 Å². The van der Waals surface area contributed by atoms with Crippen LogP contribution < -0.4 is 9.47 Å². The molecule has 0 spiro atoms. The van der Waals surface area contributed by atoms with Gasteiger partial charge in [0, 0.05) is 5.02 Å². The lowest BCUT2D eigenvalue weighted by atomic mass is 10.1. The first-order valence-corrected chi connectivity index (χ1v) is 11.1. The van der Waals surface area contributed by atoms with Crippen molar-refractivity contribution in [3.63, 3.8) is 0 Å². The van der Waals surface area contributed by atoms with E-state index in [2.05, 4.69) is 4.99 Å². The predicted octanol–water partition coefficient (Wildman–Crippen LogP) is 6.87. The Hall–Kier alpha value is -3.03. The summed E-state index contributed by atoms with van der Waals surface area (Å²) in [5, 5.41) is 1.03. The smallest absolute Gasteiger partial charge is 0.363 e. The lowest BCUT2D eigenvalue weighted by Gasteiger charge is -2.12. The Balaban J connectivity index is 1.65. The second-order valence-electron chi connectivity index (χ2n) is 6.86. The second-order valence-corrected chi connectivity index (χ2v) is 8.52. The van der Waals surface area contributed by atoms with Crippen LogP contribution in [0.2, 0.25) is 20.1 Å². The third-order valence-electron chi connectivity index (χ3n) is 4.63. The van der Waals surface area contributed by atoms with Crippen LogP contribution in [0.4, 0.5) is 0 Å². The zero-order valence-corrected chi connectivity index (χ0v) is 20.3. The topological polar surface area (TPSA) is 74.2 Å². The summed E-state index contributed by atoms with van der Waals surface area (Å²) in [7, 11) is 1.39. The fourth-order valence-corrected chi connectivity index (χ4v) is 4.00. The maximum absolute atomic E-state index is 12.6. The maximum atomic E-state index is 12.6. The monoisotopic (exact) mass is 535 g/mol. The molecule has 4 rings (SSSR count). The average molecular weight is 537 g/mol. The van der Waals surface area contributed by atoms with Gasteiger partial charge in [-0.2, -0.15) is 0 Å². The van der Waals surface area contributed by atoms with Crippen LogP contribution in [-0.2, 0) is 9.53 Å². The number of benzene rings is 3. The molecule has 0 saturated carbocycles. The van der Waals surface area contributed by atoms with Gasteiger partial charge in [0.2, 0.25) is 5.90 Å². The van der Waals surface area contributed by atoms with E-state index in [9.17, 15) is 9.59 Å². The molecular formula is C24H13Cl4NO5. The highest BCUT2D eigenvalue weighted by Gasteiger charge is 2.26. The van der Waals surface area contributed by atoms with Crippen molar-refractivity contribution in [2.75, 3.05) is 7.11 Å². The van der Waals surface area contributed by atoms with Crippen molar-refractivity contribution < 1.29 is 23.8 Å². The van der Waals surface area contributed by atoms with E-state index in [1.165, 1.54) is 37.5 Å². The number of carbonyl (C=O) groups excluding carboxylic acids is 2. The number of halogens is 4. The number of cyclic esters (lactones) is 1. The molecular weight excluding hydrogens is 524 g/mol. The minimum Gasteiger partial charge on any atom is -0.493 e. The van der Waals surface area contributed by atoms with Crippen molar-refractivity contribution >= 4 is 70.3 Å². The molecule has 0 N–H and O–H groups in total. The van der Waals surface area contributed by atoms with E-state index < -0.39 is 11.9 Å². The normalized spacial score (nSPS) is 14.1. The summed E-state index contributed by atoms with van der Waals surface area (Å²) >= 11 is 24.5. The summed E-state index contributed by atoms with van der Waals surface area (Å²) in [6, 6.07) is 14.2. The van der Waals surface area contributed by atoms with Crippen molar-refractivity contribution in [3.05, 3.63) is 97.1 Å². The molecule has 172 valence electrons. The number of carbonyl (C=O) groups is 2. The van der Waals surface area contributed by atoms with E-state index in [-0.39, 0.29) is 43.7 Å². The zero-order chi connectivity index (χ0) is 24.4. The molecule has 1 aliphatic heterocycles. The summed E-state index contributed by atoms with van der Waals surface area (Å²) in [6.07, 6.45) is 1.45. The SMILES string of the molecule is COc1cc(/C=C2\N=C(c3ccc(Cl)cc3Cl)OC2=O)cc(Cl)c1OC(=O)c1ccccc1Cl. The summed E-state index contributed by atoms with van der Waals surface area (Å²) in [5.41, 5.74) is 1.06. The van der Waals surface area contributed by atoms with Crippen LogP contribution >= 0.6 is 46.4 Å². The van der Waals surface area contributed by atoms with Gasteiger partial charge in [-0.3, -0.25) is 0 Å². The Kier molecular flexibility index (Phi) is 7.14.